The lowest BCUT2D eigenvalue weighted by molar-refractivity contribution is -0.128. The number of halogens is 3. The third-order valence-electron chi connectivity index (χ3n) is 3.81. The van der Waals surface area contributed by atoms with Gasteiger partial charge in [0.05, 0.1) is 5.75 Å². The van der Waals surface area contributed by atoms with Gasteiger partial charge in [-0.1, -0.05) is 22.0 Å². The summed E-state index contributed by atoms with van der Waals surface area (Å²) in [6.07, 6.45) is 0.980. The van der Waals surface area contributed by atoms with Crippen LogP contribution in [0.3, 0.4) is 0 Å². The Morgan fingerprint density at radius 2 is 2.27 bits per heavy atom. The largest absolute Gasteiger partial charge is 0.339 e. The molecule has 1 amide bonds. The van der Waals surface area contributed by atoms with Gasteiger partial charge in [-0.2, -0.15) is 0 Å². The zero-order valence-corrected chi connectivity index (χ0v) is 15.6. The van der Waals surface area contributed by atoms with E-state index in [0.717, 1.165) is 17.4 Å². The number of thioether (sulfide) groups is 1. The second-order valence-electron chi connectivity index (χ2n) is 5.46. The van der Waals surface area contributed by atoms with E-state index < -0.39 is 0 Å². The molecule has 2 N–H and O–H groups in total. The molecule has 22 heavy (non-hydrogen) atoms. The molecule has 0 aliphatic carbocycles. The van der Waals surface area contributed by atoms with E-state index in [1.54, 1.807) is 6.07 Å². The summed E-state index contributed by atoms with van der Waals surface area (Å²) >= 11 is 4.69. The maximum Gasteiger partial charge on any atom is 0.232 e. The molecule has 1 aromatic carbocycles. The van der Waals surface area contributed by atoms with E-state index in [2.05, 4.69) is 22.9 Å². The van der Waals surface area contributed by atoms with Crippen LogP contribution in [0, 0.1) is 11.7 Å². The second kappa shape index (κ2) is 9.11. The molecule has 1 aliphatic rings. The lowest BCUT2D eigenvalue weighted by Gasteiger charge is -2.21. The predicted molar refractivity (Wildman–Crippen MR) is 95.8 cm³/mol. The molecule has 2 rings (SSSR count). The first kappa shape index (κ1) is 19.7. The number of nitrogens with two attached hydrogens (primary N) is 1. The topological polar surface area (TPSA) is 46.3 Å². The Labute approximate surface area is 149 Å². The van der Waals surface area contributed by atoms with Gasteiger partial charge in [0.15, 0.2) is 0 Å². The highest BCUT2D eigenvalue weighted by Crippen LogP contribution is 2.24. The van der Waals surface area contributed by atoms with Gasteiger partial charge in [0.2, 0.25) is 5.91 Å². The van der Waals surface area contributed by atoms with E-state index in [1.165, 1.54) is 17.8 Å². The lowest BCUT2D eigenvalue weighted by atomic mass is 10.1. The second-order valence-corrected chi connectivity index (χ2v) is 7.36. The van der Waals surface area contributed by atoms with Gasteiger partial charge in [-0.05, 0) is 43.5 Å². The molecule has 0 saturated carbocycles. The summed E-state index contributed by atoms with van der Waals surface area (Å²) in [4.78, 5) is 14.1. The van der Waals surface area contributed by atoms with Crippen LogP contribution < -0.4 is 5.73 Å². The molecule has 2 unspecified atom stereocenters. The summed E-state index contributed by atoms with van der Waals surface area (Å²) in [5.74, 6) is 1.20. The van der Waals surface area contributed by atoms with Crippen LogP contribution in [0.25, 0.3) is 0 Å². The fraction of sp³-hybridized carbons (Fsp3) is 0.533. The average Bonchev–Trinajstić information content (AvgIpc) is 2.82. The van der Waals surface area contributed by atoms with Crippen molar-refractivity contribution in [2.24, 2.45) is 11.7 Å². The van der Waals surface area contributed by atoms with E-state index in [-0.39, 0.29) is 30.2 Å². The van der Waals surface area contributed by atoms with Gasteiger partial charge in [0, 0.05) is 22.8 Å². The van der Waals surface area contributed by atoms with Crippen molar-refractivity contribution in [1.29, 1.82) is 0 Å². The molecule has 1 aromatic rings. The van der Waals surface area contributed by atoms with E-state index >= 15 is 0 Å². The number of hydrogen-bond donors (Lipinski definition) is 1. The third-order valence-corrected chi connectivity index (χ3v) is 5.27. The first-order chi connectivity index (χ1) is 10.0. The normalized spacial score (nSPS) is 20.8. The minimum Gasteiger partial charge on any atom is -0.339 e. The van der Waals surface area contributed by atoms with Crippen LogP contribution in [0.4, 0.5) is 4.39 Å². The maximum atomic E-state index is 13.7. The summed E-state index contributed by atoms with van der Waals surface area (Å²) in [5, 5.41) is 0. The van der Waals surface area contributed by atoms with Crippen molar-refractivity contribution >= 4 is 46.0 Å². The van der Waals surface area contributed by atoms with Crippen LogP contribution >= 0.6 is 40.1 Å². The van der Waals surface area contributed by atoms with Gasteiger partial charge in [-0.3, -0.25) is 4.79 Å². The van der Waals surface area contributed by atoms with Crippen molar-refractivity contribution in [3.8, 4) is 0 Å². The van der Waals surface area contributed by atoms with Crippen molar-refractivity contribution in [1.82, 2.24) is 4.90 Å². The quantitative estimate of drug-likeness (QED) is 0.807. The molecule has 1 heterocycles. The summed E-state index contributed by atoms with van der Waals surface area (Å²) in [6.45, 7) is 3.45. The van der Waals surface area contributed by atoms with Gasteiger partial charge < -0.3 is 10.6 Å². The summed E-state index contributed by atoms with van der Waals surface area (Å²) in [7, 11) is 0. The number of nitrogens with zero attached hydrogens (tertiary/aromatic N) is 1. The minimum atomic E-state index is -0.234. The Bertz CT molecular complexity index is 520. The van der Waals surface area contributed by atoms with Crippen molar-refractivity contribution < 1.29 is 9.18 Å². The number of amides is 1. The number of hydrogen-bond acceptors (Lipinski definition) is 3. The molecular weight excluding hydrogens is 391 g/mol. The van der Waals surface area contributed by atoms with Gasteiger partial charge in [-0.15, -0.1) is 24.2 Å². The Hall–Kier alpha value is -0.300. The van der Waals surface area contributed by atoms with Crippen molar-refractivity contribution in [3.63, 3.8) is 0 Å². The number of benzene rings is 1. The van der Waals surface area contributed by atoms with Gasteiger partial charge >= 0.3 is 0 Å². The van der Waals surface area contributed by atoms with Gasteiger partial charge in [0.1, 0.15) is 5.82 Å². The Morgan fingerprint density at radius 3 is 2.86 bits per heavy atom. The standard InChI is InChI=1S/C15H20BrFN2OS.ClH/c1-10-4-11(6-18)7-19(10)15(20)9-21-8-12-2-3-13(16)5-14(12)17;/h2-3,5,10-11H,4,6-9,18H2,1H3;1H. The molecule has 3 nitrogen and oxygen atoms in total. The zero-order valence-electron chi connectivity index (χ0n) is 12.4. The molecule has 2 atom stereocenters. The third kappa shape index (κ3) is 5.11. The molecule has 7 heteroatoms. The van der Waals surface area contributed by atoms with Gasteiger partial charge in [-0.25, -0.2) is 4.39 Å². The fourth-order valence-corrected chi connectivity index (χ4v) is 3.86. The van der Waals surface area contributed by atoms with Crippen LogP contribution in [-0.2, 0) is 10.5 Å². The van der Waals surface area contributed by atoms with Crippen LogP contribution in [0.1, 0.15) is 18.9 Å². The van der Waals surface area contributed by atoms with E-state index in [9.17, 15) is 9.18 Å². The first-order valence-corrected chi connectivity index (χ1v) is 8.97. The minimum absolute atomic E-state index is 0. The number of rotatable bonds is 5. The van der Waals surface area contributed by atoms with Gasteiger partial charge in [0.25, 0.3) is 0 Å². The first-order valence-electron chi connectivity index (χ1n) is 7.02. The monoisotopic (exact) mass is 410 g/mol. The molecule has 1 aliphatic heterocycles. The summed E-state index contributed by atoms with van der Waals surface area (Å²) in [5.41, 5.74) is 6.30. The molecule has 0 radical (unpaired) electrons. The maximum absolute atomic E-state index is 13.7. The number of likely N-dealkylation sites (tertiary alicyclic amines) is 1. The van der Waals surface area contributed by atoms with Crippen LogP contribution in [-0.4, -0.2) is 35.7 Å². The zero-order chi connectivity index (χ0) is 15.4. The molecule has 124 valence electrons. The molecule has 1 saturated heterocycles. The lowest BCUT2D eigenvalue weighted by Crippen LogP contribution is -2.35. The van der Waals surface area contributed by atoms with Crippen LogP contribution in [0.15, 0.2) is 22.7 Å². The molecular formula is C15H21BrClFN2OS. The van der Waals surface area contributed by atoms with Crippen molar-refractivity contribution in [3.05, 3.63) is 34.1 Å². The average molecular weight is 412 g/mol. The van der Waals surface area contributed by atoms with E-state index in [1.807, 2.05) is 11.0 Å². The van der Waals surface area contributed by atoms with Crippen molar-refractivity contribution in [2.75, 3.05) is 18.8 Å². The van der Waals surface area contributed by atoms with Crippen molar-refractivity contribution in [2.45, 2.75) is 25.1 Å². The highest BCUT2D eigenvalue weighted by molar-refractivity contribution is 9.10. The molecule has 0 bridgehead atoms. The van der Waals surface area contributed by atoms with Crippen LogP contribution in [0.2, 0.25) is 0 Å². The number of carbonyl (C=O) groups excluding carboxylic acids is 1. The molecule has 1 fully saturated rings. The highest BCUT2D eigenvalue weighted by atomic mass is 79.9. The van der Waals surface area contributed by atoms with Crippen LogP contribution in [0.5, 0.6) is 0 Å². The summed E-state index contributed by atoms with van der Waals surface area (Å²) in [6, 6.07) is 5.28. The smallest absolute Gasteiger partial charge is 0.232 e. The molecule has 0 aromatic heterocycles. The Balaban J connectivity index is 0.00000242. The van der Waals surface area contributed by atoms with E-state index in [4.69, 9.17) is 5.73 Å². The SMILES string of the molecule is CC1CC(CN)CN1C(=O)CSCc1ccc(Br)cc1F.Cl. The predicted octanol–water partition coefficient (Wildman–Crippen LogP) is 3.44. The number of carbonyl (C=O) groups is 1. The van der Waals surface area contributed by atoms with E-state index in [0.29, 0.717) is 29.5 Å². The Kier molecular flexibility index (Phi) is 8.17. The molecule has 0 spiro atoms. The fourth-order valence-electron chi connectivity index (χ4n) is 2.63. The highest BCUT2D eigenvalue weighted by Gasteiger charge is 2.31. The summed E-state index contributed by atoms with van der Waals surface area (Å²) < 4.78 is 14.4. The Morgan fingerprint density at radius 1 is 1.55 bits per heavy atom.